The molecule has 3 unspecified atom stereocenters. The van der Waals surface area contributed by atoms with E-state index < -0.39 is 0 Å². The fraction of sp³-hybridized carbons (Fsp3) is 0.512. The molecule has 0 saturated carbocycles. The van der Waals surface area contributed by atoms with Gasteiger partial charge in [-0.05, 0) is 84.9 Å². The van der Waals surface area contributed by atoms with Gasteiger partial charge in [0.2, 0.25) is 0 Å². The Kier molecular flexibility index (Phi) is 17.4. The van der Waals surface area contributed by atoms with Crippen molar-refractivity contribution in [2.75, 3.05) is 0 Å². The Labute approximate surface area is 289 Å². The third-order valence-corrected chi connectivity index (χ3v) is 9.22. The zero-order chi connectivity index (χ0) is 35.8. The maximum absolute atomic E-state index is 13.5. The van der Waals surface area contributed by atoms with Crippen LogP contribution in [0.5, 0.6) is 0 Å². The van der Waals surface area contributed by atoms with Crippen LogP contribution in [-0.4, -0.2) is 28.9 Å². The lowest BCUT2D eigenvalue weighted by Gasteiger charge is -2.32. The van der Waals surface area contributed by atoms with Crippen LogP contribution in [0.1, 0.15) is 132 Å². The minimum atomic E-state index is -0.128. The lowest BCUT2D eigenvalue weighted by molar-refractivity contribution is -0.130. The molecule has 0 radical (unpaired) electrons. The molecule has 0 heterocycles. The van der Waals surface area contributed by atoms with Gasteiger partial charge in [-0.25, -0.2) is 0 Å². The van der Waals surface area contributed by atoms with Crippen LogP contribution in [-0.2, 0) is 38.4 Å². The van der Waals surface area contributed by atoms with Gasteiger partial charge >= 0.3 is 0 Å². The van der Waals surface area contributed by atoms with Gasteiger partial charge in [-0.15, -0.1) is 0 Å². The van der Waals surface area contributed by atoms with Crippen LogP contribution >= 0.6 is 0 Å². The largest absolute Gasteiger partial charge is 0.300 e. The van der Waals surface area contributed by atoms with Crippen LogP contribution in [0.4, 0.5) is 0 Å². The van der Waals surface area contributed by atoms with Crippen LogP contribution in [0.15, 0.2) is 54.6 Å². The van der Waals surface area contributed by atoms with Gasteiger partial charge in [0.05, 0.1) is 6.42 Å². The summed E-state index contributed by atoms with van der Waals surface area (Å²) in [7, 11) is 0. The lowest BCUT2D eigenvalue weighted by atomic mass is 9.72. The Bertz CT molecular complexity index is 1540. The first-order valence-electron chi connectivity index (χ1n) is 18.0. The molecule has 5 heteroatoms. The van der Waals surface area contributed by atoms with Crippen molar-refractivity contribution in [3.63, 3.8) is 0 Å². The zero-order valence-corrected chi connectivity index (χ0v) is 30.7. The second-order valence-corrected chi connectivity index (χ2v) is 13.5. The Morgan fingerprint density at radius 3 is 2.02 bits per heavy atom. The predicted molar refractivity (Wildman–Crippen MR) is 198 cm³/mol. The highest BCUT2D eigenvalue weighted by atomic mass is 16.2. The molecule has 0 saturated heterocycles. The van der Waals surface area contributed by atoms with Crippen molar-refractivity contribution >= 4 is 39.7 Å². The molecule has 3 atom stereocenters. The van der Waals surface area contributed by atoms with Crippen molar-refractivity contribution < 1.29 is 24.0 Å². The first-order valence-corrected chi connectivity index (χ1v) is 18.0. The van der Waals surface area contributed by atoms with Crippen molar-refractivity contribution in [3.05, 3.63) is 82.4 Å². The molecule has 0 spiro atoms. The SMILES string of the molecule is CCC.CCC(C)=O.CCCC(CC1CC(=O)c2c(ccc(CC(=O)Cc3cccc4ccccc34)c2C)C1)C(CC)C(=O)CC(C)=O. The smallest absolute Gasteiger partial charge is 0.163 e. The summed E-state index contributed by atoms with van der Waals surface area (Å²) in [4.78, 5) is 60.9. The molecule has 3 aromatic carbocycles. The average molecular weight is 655 g/mol. The number of hydrogen-bond donors (Lipinski definition) is 0. The first-order chi connectivity index (χ1) is 22.9. The van der Waals surface area contributed by atoms with Crippen LogP contribution in [0.3, 0.4) is 0 Å². The van der Waals surface area contributed by atoms with Crippen LogP contribution in [0.25, 0.3) is 10.8 Å². The van der Waals surface area contributed by atoms with Gasteiger partial charge in [-0.2, -0.15) is 0 Å². The second-order valence-electron chi connectivity index (χ2n) is 13.5. The summed E-state index contributed by atoms with van der Waals surface area (Å²) in [5.41, 5.74) is 4.74. The fourth-order valence-corrected chi connectivity index (χ4v) is 6.89. The minimum absolute atomic E-state index is 0.00629. The number of carbonyl (C=O) groups is 5. The monoisotopic (exact) mass is 654 g/mol. The summed E-state index contributed by atoms with van der Waals surface area (Å²) in [5.74, 6) is 0.755. The predicted octanol–water partition coefficient (Wildman–Crippen LogP) is 10.0. The highest BCUT2D eigenvalue weighted by molar-refractivity contribution is 6.01. The van der Waals surface area contributed by atoms with Crippen LogP contribution in [0, 0.1) is 24.7 Å². The van der Waals surface area contributed by atoms with Crippen molar-refractivity contribution in [1.29, 1.82) is 0 Å². The van der Waals surface area contributed by atoms with Crippen LogP contribution < -0.4 is 0 Å². The highest BCUT2D eigenvalue weighted by Crippen LogP contribution is 2.37. The Morgan fingerprint density at radius 2 is 1.42 bits per heavy atom. The molecular weight excluding hydrogens is 596 g/mol. The van der Waals surface area contributed by atoms with Gasteiger partial charge in [0.1, 0.15) is 23.1 Å². The van der Waals surface area contributed by atoms with Crippen molar-refractivity contribution in [1.82, 2.24) is 0 Å². The van der Waals surface area contributed by atoms with E-state index in [2.05, 4.69) is 39.0 Å². The molecule has 0 fully saturated rings. The number of hydrogen-bond acceptors (Lipinski definition) is 5. The number of carbonyl (C=O) groups excluding carboxylic acids is 5. The van der Waals surface area contributed by atoms with E-state index in [0.717, 1.165) is 70.7 Å². The molecule has 5 nitrogen and oxygen atoms in total. The van der Waals surface area contributed by atoms with E-state index in [0.29, 0.717) is 25.7 Å². The molecule has 1 aliphatic rings. The maximum atomic E-state index is 13.5. The number of Topliss-reactive ketones (excluding diaryl/α,β-unsaturated/α-hetero) is 5. The quantitative estimate of drug-likeness (QED) is 0.162. The van der Waals surface area contributed by atoms with Gasteiger partial charge in [0, 0.05) is 37.2 Å². The number of ketones is 5. The van der Waals surface area contributed by atoms with E-state index in [1.54, 1.807) is 6.92 Å². The topological polar surface area (TPSA) is 85.3 Å². The van der Waals surface area contributed by atoms with E-state index in [4.69, 9.17) is 0 Å². The summed E-state index contributed by atoms with van der Waals surface area (Å²) in [6.45, 7) is 15.3. The van der Waals surface area contributed by atoms with E-state index >= 15 is 0 Å². The van der Waals surface area contributed by atoms with Gasteiger partial charge in [0.25, 0.3) is 0 Å². The highest BCUT2D eigenvalue weighted by Gasteiger charge is 2.33. The zero-order valence-electron chi connectivity index (χ0n) is 30.7. The molecule has 3 aromatic rings. The second kappa shape index (κ2) is 20.6. The Hall–Kier alpha value is -3.73. The molecule has 0 bridgehead atoms. The molecule has 260 valence electrons. The molecular formula is C43H58O5. The summed E-state index contributed by atoms with van der Waals surface area (Å²) >= 11 is 0. The van der Waals surface area contributed by atoms with Gasteiger partial charge < -0.3 is 4.79 Å². The molecule has 0 N–H and O–H groups in total. The first kappa shape index (κ1) is 40.4. The molecule has 4 rings (SSSR count). The maximum Gasteiger partial charge on any atom is 0.163 e. The molecule has 1 aliphatic carbocycles. The van der Waals surface area contributed by atoms with E-state index in [1.807, 2.05) is 57.2 Å². The van der Waals surface area contributed by atoms with Gasteiger partial charge in [0.15, 0.2) is 5.78 Å². The average Bonchev–Trinajstić information content (AvgIpc) is 3.03. The summed E-state index contributed by atoms with van der Waals surface area (Å²) in [6, 6.07) is 18.3. The third kappa shape index (κ3) is 12.1. The van der Waals surface area contributed by atoms with Crippen LogP contribution in [0.2, 0.25) is 0 Å². The Morgan fingerprint density at radius 1 is 0.792 bits per heavy atom. The molecule has 0 aliphatic heterocycles. The molecule has 48 heavy (non-hydrogen) atoms. The van der Waals surface area contributed by atoms with Crippen molar-refractivity contribution in [2.45, 2.75) is 126 Å². The summed E-state index contributed by atoms with van der Waals surface area (Å²) in [6.07, 6.45) is 7.34. The standard InChI is InChI=1S/C36H42O4.C4H8O.C3H8/c1-5-10-28(32(6-2)34(39)17-23(3)37)18-25-19-30-16-15-27(24(4)36(30)35(40)20-25)21-31(38)22-29-13-9-12-26-11-7-8-14-33(26)29;1-3-4(2)5;1-3-2/h7-9,11-16,25,28,32H,5-6,10,17-22H2,1-4H3;3H2,1-2H3;3H2,1-2H3. The van der Waals surface area contributed by atoms with Crippen molar-refractivity contribution in [3.8, 4) is 0 Å². The lowest BCUT2D eigenvalue weighted by Crippen LogP contribution is -2.30. The fourth-order valence-electron chi connectivity index (χ4n) is 6.89. The summed E-state index contributed by atoms with van der Waals surface area (Å²) in [5, 5.41) is 2.24. The Balaban J connectivity index is 0.000000900. The van der Waals surface area contributed by atoms with Gasteiger partial charge in [-0.3, -0.25) is 19.2 Å². The van der Waals surface area contributed by atoms with E-state index in [1.165, 1.54) is 13.3 Å². The third-order valence-electron chi connectivity index (χ3n) is 9.22. The number of rotatable bonds is 14. The number of benzene rings is 3. The normalized spacial score (nSPS) is 14.8. The van der Waals surface area contributed by atoms with Crippen molar-refractivity contribution in [2.24, 2.45) is 17.8 Å². The number of fused-ring (bicyclic) bond motifs is 2. The molecule has 0 amide bonds. The minimum Gasteiger partial charge on any atom is -0.300 e. The van der Waals surface area contributed by atoms with Gasteiger partial charge in [-0.1, -0.05) is 108 Å². The van der Waals surface area contributed by atoms with E-state index in [-0.39, 0.29) is 53.1 Å². The molecule has 0 aromatic heterocycles. The van der Waals surface area contributed by atoms with E-state index in [9.17, 15) is 24.0 Å². The summed E-state index contributed by atoms with van der Waals surface area (Å²) < 4.78 is 0.